The zero-order chi connectivity index (χ0) is 16.2. The predicted molar refractivity (Wildman–Crippen MR) is 79.6 cm³/mol. The molecular formula is C15H17F3N2OS. The molecule has 0 aliphatic rings. The normalized spacial score (nSPS) is 11.9. The molecule has 1 heterocycles. The van der Waals surface area contributed by atoms with Crippen LogP contribution in [0, 0.1) is 0 Å². The Morgan fingerprint density at radius 1 is 1.23 bits per heavy atom. The number of halogens is 3. The van der Waals surface area contributed by atoms with Gasteiger partial charge in [-0.3, -0.25) is 0 Å². The lowest BCUT2D eigenvalue weighted by atomic mass is 10.1. The zero-order valence-electron chi connectivity index (χ0n) is 12.1. The molecule has 0 aliphatic heterocycles. The number of rotatable bonds is 6. The monoisotopic (exact) mass is 330 g/mol. The minimum atomic E-state index is -4.28. The second-order valence-electron chi connectivity index (χ2n) is 4.90. The lowest BCUT2D eigenvalue weighted by molar-refractivity contribution is -0.137. The van der Waals surface area contributed by atoms with Crippen LogP contribution in [-0.2, 0) is 26.3 Å². The van der Waals surface area contributed by atoms with E-state index in [2.05, 4.69) is 4.98 Å². The summed E-state index contributed by atoms with van der Waals surface area (Å²) in [6.45, 7) is -0.0460. The molecule has 1 aromatic heterocycles. The van der Waals surface area contributed by atoms with Gasteiger partial charge in [0.2, 0.25) is 0 Å². The first-order valence-corrected chi connectivity index (χ1v) is 7.80. The van der Waals surface area contributed by atoms with Gasteiger partial charge in [-0.15, -0.1) is 0 Å². The fourth-order valence-electron chi connectivity index (χ4n) is 2.01. The smallest absolute Gasteiger partial charge is 0.390 e. The molecule has 2 aromatic rings. The molecule has 0 amide bonds. The second-order valence-corrected chi connectivity index (χ2v) is 5.96. The Balaban J connectivity index is 1.80. The van der Waals surface area contributed by atoms with E-state index < -0.39 is 11.7 Å². The summed E-state index contributed by atoms with van der Waals surface area (Å²) in [7, 11) is 1.84. The van der Waals surface area contributed by atoms with Gasteiger partial charge in [-0.2, -0.15) is 13.2 Å². The highest BCUT2D eigenvalue weighted by Crippen LogP contribution is 2.29. The lowest BCUT2D eigenvalue weighted by Crippen LogP contribution is -2.04. The molecule has 120 valence electrons. The van der Waals surface area contributed by atoms with Gasteiger partial charge in [0.1, 0.15) is 0 Å². The lowest BCUT2D eigenvalue weighted by Gasteiger charge is -2.07. The molecule has 0 unspecified atom stereocenters. The number of benzene rings is 1. The Morgan fingerprint density at radius 3 is 2.45 bits per heavy atom. The van der Waals surface area contributed by atoms with Gasteiger partial charge >= 0.3 is 6.18 Å². The molecule has 3 nitrogen and oxygen atoms in total. The van der Waals surface area contributed by atoms with E-state index in [1.807, 2.05) is 11.6 Å². The van der Waals surface area contributed by atoms with Gasteiger partial charge in [-0.1, -0.05) is 23.9 Å². The van der Waals surface area contributed by atoms with Crippen molar-refractivity contribution in [1.82, 2.24) is 9.55 Å². The van der Waals surface area contributed by atoms with Crippen LogP contribution in [0.2, 0.25) is 0 Å². The highest BCUT2D eigenvalue weighted by Gasteiger charge is 2.29. The van der Waals surface area contributed by atoms with Gasteiger partial charge in [0.25, 0.3) is 0 Å². The first kappa shape index (κ1) is 16.9. The molecule has 0 radical (unpaired) electrons. The number of aromatic nitrogens is 2. The highest BCUT2D eigenvalue weighted by molar-refractivity contribution is 7.99. The molecule has 0 saturated carbocycles. The summed E-state index contributed by atoms with van der Waals surface area (Å²) >= 11 is 1.57. The Morgan fingerprint density at radius 2 is 1.91 bits per heavy atom. The highest BCUT2D eigenvalue weighted by atomic mass is 32.2. The molecule has 0 fully saturated rings. The second kappa shape index (κ2) is 7.19. The average Bonchev–Trinajstić information content (AvgIpc) is 2.83. The number of thioether (sulfide) groups is 1. The molecule has 0 spiro atoms. The Hall–Kier alpha value is -1.47. The van der Waals surface area contributed by atoms with Crippen molar-refractivity contribution in [3.63, 3.8) is 0 Å². The molecule has 7 heteroatoms. The zero-order valence-corrected chi connectivity index (χ0v) is 12.9. The molecule has 1 N–H and O–H groups in total. The molecule has 0 bridgehead atoms. The number of aliphatic hydroxyl groups excluding tert-OH is 1. The summed E-state index contributed by atoms with van der Waals surface area (Å²) in [5, 5.41) is 9.91. The standard InChI is InChI=1S/C15H17F3N2OS/c1-20-13(10-21)9-19-14(20)22-8-2-3-11-4-6-12(7-5-11)15(16,17)18/h4-7,9,21H,2-3,8,10H2,1H3. The Kier molecular flexibility index (Phi) is 5.52. The van der Waals surface area contributed by atoms with E-state index in [0.717, 1.165) is 47.1 Å². The first-order chi connectivity index (χ1) is 10.4. The molecule has 22 heavy (non-hydrogen) atoms. The summed E-state index contributed by atoms with van der Waals surface area (Å²) in [4.78, 5) is 4.21. The minimum Gasteiger partial charge on any atom is -0.390 e. The molecular weight excluding hydrogens is 313 g/mol. The number of aliphatic hydroxyl groups is 1. The van der Waals surface area contributed by atoms with Crippen molar-refractivity contribution in [3.05, 3.63) is 47.3 Å². The topological polar surface area (TPSA) is 38.0 Å². The quantitative estimate of drug-likeness (QED) is 0.649. The third kappa shape index (κ3) is 4.27. The molecule has 1 aromatic carbocycles. The Labute approximate surface area is 131 Å². The van der Waals surface area contributed by atoms with Crippen molar-refractivity contribution in [2.24, 2.45) is 7.05 Å². The van der Waals surface area contributed by atoms with Gasteiger partial charge in [-0.05, 0) is 30.5 Å². The van der Waals surface area contributed by atoms with E-state index >= 15 is 0 Å². The van der Waals surface area contributed by atoms with E-state index in [0.29, 0.717) is 0 Å². The predicted octanol–water partition coefficient (Wildman–Crippen LogP) is 3.66. The number of nitrogens with zero attached hydrogens (tertiary/aromatic N) is 2. The number of imidazole rings is 1. The van der Waals surface area contributed by atoms with E-state index in [-0.39, 0.29) is 6.61 Å². The number of hydrogen-bond acceptors (Lipinski definition) is 3. The molecule has 0 saturated heterocycles. The third-order valence-corrected chi connectivity index (χ3v) is 4.46. The van der Waals surface area contributed by atoms with Gasteiger partial charge in [0, 0.05) is 12.8 Å². The van der Waals surface area contributed by atoms with Crippen molar-refractivity contribution >= 4 is 11.8 Å². The minimum absolute atomic E-state index is 0.0460. The SMILES string of the molecule is Cn1c(CO)cnc1SCCCc1ccc(C(F)(F)F)cc1. The van der Waals surface area contributed by atoms with E-state index in [9.17, 15) is 13.2 Å². The summed E-state index contributed by atoms with van der Waals surface area (Å²) in [6, 6.07) is 5.29. The summed E-state index contributed by atoms with van der Waals surface area (Å²) in [5.74, 6) is 0.816. The maximum atomic E-state index is 12.5. The van der Waals surface area contributed by atoms with Crippen molar-refractivity contribution < 1.29 is 18.3 Å². The van der Waals surface area contributed by atoms with E-state index in [4.69, 9.17) is 5.11 Å². The van der Waals surface area contributed by atoms with Crippen molar-refractivity contribution in [2.75, 3.05) is 5.75 Å². The van der Waals surface area contributed by atoms with E-state index in [1.54, 1.807) is 18.0 Å². The van der Waals surface area contributed by atoms with Gasteiger partial charge in [-0.25, -0.2) is 4.98 Å². The van der Waals surface area contributed by atoms with Gasteiger partial charge < -0.3 is 9.67 Å². The van der Waals surface area contributed by atoms with Crippen LogP contribution in [0.1, 0.15) is 23.2 Å². The van der Waals surface area contributed by atoms with Crippen LogP contribution in [0.4, 0.5) is 13.2 Å². The number of hydrogen-bond donors (Lipinski definition) is 1. The van der Waals surface area contributed by atoms with Gasteiger partial charge in [0.05, 0.1) is 24.1 Å². The van der Waals surface area contributed by atoms with Crippen molar-refractivity contribution in [3.8, 4) is 0 Å². The van der Waals surface area contributed by atoms with Crippen LogP contribution in [-0.4, -0.2) is 20.4 Å². The molecule has 0 atom stereocenters. The fourth-order valence-corrected chi connectivity index (χ4v) is 2.92. The maximum absolute atomic E-state index is 12.5. The summed E-state index contributed by atoms with van der Waals surface area (Å²) in [5.41, 5.74) is 1.03. The molecule has 2 rings (SSSR count). The fraction of sp³-hybridized carbons (Fsp3) is 0.400. The van der Waals surface area contributed by atoms with Crippen molar-refractivity contribution in [1.29, 1.82) is 0 Å². The van der Waals surface area contributed by atoms with Crippen LogP contribution in [0.5, 0.6) is 0 Å². The summed E-state index contributed by atoms with van der Waals surface area (Å²) in [6.07, 6.45) is -1.07. The Bertz CT molecular complexity index is 608. The number of alkyl halides is 3. The van der Waals surface area contributed by atoms with Crippen LogP contribution in [0.15, 0.2) is 35.6 Å². The summed E-state index contributed by atoms with van der Waals surface area (Å²) < 4.78 is 39.2. The maximum Gasteiger partial charge on any atom is 0.416 e. The average molecular weight is 330 g/mol. The molecule has 0 aliphatic carbocycles. The van der Waals surface area contributed by atoms with Gasteiger partial charge in [0.15, 0.2) is 5.16 Å². The van der Waals surface area contributed by atoms with Crippen LogP contribution in [0.3, 0.4) is 0 Å². The largest absolute Gasteiger partial charge is 0.416 e. The van der Waals surface area contributed by atoms with Crippen molar-refractivity contribution in [2.45, 2.75) is 30.8 Å². The van der Waals surface area contributed by atoms with E-state index in [1.165, 1.54) is 12.1 Å². The number of aryl methyl sites for hydroxylation is 1. The van der Waals surface area contributed by atoms with Crippen LogP contribution < -0.4 is 0 Å². The third-order valence-electron chi connectivity index (χ3n) is 3.33. The van der Waals surface area contributed by atoms with Crippen LogP contribution >= 0.6 is 11.8 Å². The first-order valence-electron chi connectivity index (χ1n) is 6.82. The van der Waals surface area contributed by atoms with Crippen LogP contribution in [0.25, 0.3) is 0 Å².